The highest BCUT2D eigenvalue weighted by Crippen LogP contribution is 2.30. The number of nitrogens with one attached hydrogen (secondary N) is 1. The maximum absolute atomic E-state index is 14.1. The summed E-state index contributed by atoms with van der Waals surface area (Å²) in [6.45, 7) is 2.05. The third kappa shape index (κ3) is 4.78. The molecule has 1 aliphatic carbocycles. The fraction of sp³-hybridized carbons (Fsp3) is 0.542. The summed E-state index contributed by atoms with van der Waals surface area (Å²) in [7, 11) is 0. The van der Waals surface area contributed by atoms with E-state index in [9.17, 15) is 18.8 Å². The molecular formula is C24H29FN6O3S. The van der Waals surface area contributed by atoms with Gasteiger partial charge >= 0.3 is 5.69 Å². The molecule has 2 fully saturated rings. The van der Waals surface area contributed by atoms with Crippen LogP contribution in [0.15, 0.2) is 34.1 Å². The van der Waals surface area contributed by atoms with Gasteiger partial charge in [0.1, 0.15) is 18.0 Å². The Labute approximate surface area is 205 Å². The van der Waals surface area contributed by atoms with Crippen LogP contribution < -0.4 is 16.6 Å². The van der Waals surface area contributed by atoms with Crippen molar-refractivity contribution in [1.82, 2.24) is 29.2 Å². The summed E-state index contributed by atoms with van der Waals surface area (Å²) in [5, 5.41) is 7.34. The summed E-state index contributed by atoms with van der Waals surface area (Å²) in [6, 6.07) is 2.66. The van der Waals surface area contributed by atoms with Gasteiger partial charge in [0.15, 0.2) is 0 Å². The Bertz CT molecular complexity index is 1350. The first-order chi connectivity index (χ1) is 16.9. The van der Waals surface area contributed by atoms with Gasteiger partial charge in [-0.05, 0) is 69.1 Å². The van der Waals surface area contributed by atoms with E-state index in [-0.39, 0.29) is 47.3 Å². The molecule has 11 heteroatoms. The Morgan fingerprint density at radius 3 is 2.51 bits per heavy atom. The Kier molecular flexibility index (Phi) is 6.77. The molecule has 5 rings (SSSR count). The molecule has 35 heavy (non-hydrogen) atoms. The maximum atomic E-state index is 14.1. The Morgan fingerprint density at radius 2 is 1.83 bits per heavy atom. The van der Waals surface area contributed by atoms with Crippen LogP contribution >= 0.6 is 11.8 Å². The van der Waals surface area contributed by atoms with Crippen molar-refractivity contribution in [1.29, 1.82) is 0 Å². The molecule has 2 aliphatic rings. The zero-order valence-corrected chi connectivity index (χ0v) is 20.5. The zero-order chi connectivity index (χ0) is 24.5. The van der Waals surface area contributed by atoms with Crippen molar-refractivity contribution in [2.45, 2.75) is 70.1 Å². The molecule has 186 valence electrons. The second kappa shape index (κ2) is 9.96. The van der Waals surface area contributed by atoms with Gasteiger partial charge in [-0.25, -0.2) is 14.2 Å². The van der Waals surface area contributed by atoms with E-state index in [0.29, 0.717) is 25.7 Å². The van der Waals surface area contributed by atoms with Crippen molar-refractivity contribution in [3.63, 3.8) is 0 Å². The molecule has 0 aromatic carbocycles. The molecule has 1 saturated carbocycles. The van der Waals surface area contributed by atoms with Crippen molar-refractivity contribution in [3.05, 3.63) is 56.9 Å². The van der Waals surface area contributed by atoms with E-state index in [1.165, 1.54) is 10.6 Å². The molecule has 0 bridgehead atoms. The lowest BCUT2D eigenvalue weighted by Gasteiger charge is -2.31. The van der Waals surface area contributed by atoms with Crippen molar-refractivity contribution in [2.75, 3.05) is 11.5 Å². The lowest BCUT2D eigenvalue weighted by atomic mass is 9.91. The second-order valence-electron chi connectivity index (χ2n) is 9.40. The minimum atomic E-state index is -0.593. The number of aromatic nitrogens is 5. The number of rotatable bonds is 5. The number of hydrogen-bond acceptors (Lipinski definition) is 6. The Hall–Kier alpha value is -2.95. The number of fused-ring (bicyclic) bond motifs is 1. The van der Waals surface area contributed by atoms with Gasteiger partial charge in [0, 0.05) is 30.0 Å². The van der Waals surface area contributed by atoms with Crippen molar-refractivity contribution < 1.29 is 9.18 Å². The number of hydrogen-bond donors (Lipinski definition) is 1. The summed E-state index contributed by atoms with van der Waals surface area (Å²) >= 11 is 1.84. The van der Waals surface area contributed by atoms with Gasteiger partial charge in [0.2, 0.25) is 5.91 Å². The van der Waals surface area contributed by atoms with Crippen LogP contribution in [0.1, 0.15) is 56.3 Å². The predicted molar refractivity (Wildman–Crippen MR) is 132 cm³/mol. The number of carbonyl (C=O) groups excluding carboxylic acids is 1. The molecular weight excluding hydrogens is 471 g/mol. The van der Waals surface area contributed by atoms with E-state index in [1.807, 2.05) is 24.8 Å². The molecule has 4 heterocycles. The molecule has 3 aromatic rings. The summed E-state index contributed by atoms with van der Waals surface area (Å²) in [5.74, 6) is 1.16. The molecule has 0 spiro atoms. The molecule has 1 amide bonds. The summed E-state index contributed by atoms with van der Waals surface area (Å²) in [5.41, 5.74) is 0.336. The summed E-state index contributed by atoms with van der Waals surface area (Å²) in [6.07, 6.45) is 6.82. The van der Waals surface area contributed by atoms with E-state index in [4.69, 9.17) is 0 Å². The van der Waals surface area contributed by atoms with Gasteiger partial charge < -0.3 is 5.32 Å². The molecule has 3 aromatic heterocycles. The quantitative estimate of drug-likeness (QED) is 0.578. The smallest absolute Gasteiger partial charge is 0.333 e. The van der Waals surface area contributed by atoms with Crippen LogP contribution in [0.3, 0.4) is 0 Å². The standard InChI is InChI=1S/C24H29FN6O3S/c1-15-6-9-27-29(15)14-21(32)28-17-2-4-18(5-3-17)31-23(33)20-12-16(25)13-26-22(20)30(24(31)34)19-7-10-35-11-8-19/h6,9,12-13,17-19H,2-5,7-8,10-11,14H2,1H3,(H,28,32)/t17-,18+. The molecule has 0 atom stereocenters. The number of pyridine rings is 1. The first-order valence-electron chi connectivity index (χ1n) is 12.1. The van der Waals surface area contributed by atoms with Crippen molar-refractivity contribution >= 4 is 28.7 Å². The van der Waals surface area contributed by atoms with E-state index >= 15 is 0 Å². The fourth-order valence-electron chi connectivity index (χ4n) is 5.25. The van der Waals surface area contributed by atoms with Crippen LogP contribution in [0.2, 0.25) is 0 Å². The van der Waals surface area contributed by atoms with E-state index in [0.717, 1.165) is 36.2 Å². The van der Waals surface area contributed by atoms with Gasteiger partial charge in [-0.15, -0.1) is 0 Å². The van der Waals surface area contributed by atoms with Crippen LogP contribution in [0, 0.1) is 12.7 Å². The van der Waals surface area contributed by atoms with Crippen LogP contribution in [0.5, 0.6) is 0 Å². The van der Waals surface area contributed by atoms with E-state index in [1.54, 1.807) is 15.4 Å². The number of carbonyl (C=O) groups is 1. The van der Waals surface area contributed by atoms with E-state index < -0.39 is 11.4 Å². The lowest BCUT2D eigenvalue weighted by molar-refractivity contribution is -0.122. The molecule has 0 radical (unpaired) electrons. The normalized spacial score (nSPS) is 21.3. The third-order valence-electron chi connectivity index (χ3n) is 7.13. The van der Waals surface area contributed by atoms with Crippen LogP contribution in [0.25, 0.3) is 11.0 Å². The number of aryl methyl sites for hydroxylation is 1. The highest BCUT2D eigenvalue weighted by molar-refractivity contribution is 7.99. The lowest BCUT2D eigenvalue weighted by Crippen LogP contribution is -2.46. The first-order valence-corrected chi connectivity index (χ1v) is 13.3. The van der Waals surface area contributed by atoms with E-state index in [2.05, 4.69) is 15.4 Å². The number of amides is 1. The minimum Gasteiger partial charge on any atom is -0.352 e. The average molecular weight is 501 g/mol. The third-order valence-corrected chi connectivity index (χ3v) is 8.18. The van der Waals surface area contributed by atoms with Crippen molar-refractivity contribution in [3.8, 4) is 0 Å². The van der Waals surface area contributed by atoms with Crippen LogP contribution in [-0.2, 0) is 11.3 Å². The number of thioether (sulfide) groups is 1. The van der Waals surface area contributed by atoms with Gasteiger partial charge in [-0.1, -0.05) is 0 Å². The second-order valence-corrected chi connectivity index (χ2v) is 10.6. The minimum absolute atomic E-state index is 0.0255. The fourth-order valence-corrected chi connectivity index (χ4v) is 6.33. The number of nitrogens with zero attached hydrogens (tertiary/aromatic N) is 5. The highest BCUT2D eigenvalue weighted by atomic mass is 32.2. The topological polar surface area (TPSA) is 104 Å². The van der Waals surface area contributed by atoms with Gasteiger partial charge in [-0.3, -0.25) is 23.4 Å². The van der Waals surface area contributed by atoms with Gasteiger partial charge in [0.05, 0.1) is 11.6 Å². The maximum Gasteiger partial charge on any atom is 0.333 e. The first kappa shape index (κ1) is 23.8. The molecule has 1 aliphatic heterocycles. The van der Waals surface area contributed by atoms with Gasteiger partial charge in [0.25, 0.3) is 5.56 Å². The monoisotopic (exact) mass is 500 g/mol. The zero-order valence-electron chi connectivity index (χ0n) is 19.7. The van der Waals surface area contributed by atoms with Crippen LogP contribution in [0.4, 0.5) is 4.39 Å². The molecule has 1 saturated heterocycles. The molecule has 9 nitrogen and oxygen atoms in total. The largest absolute Gasteiger partial charge is 0.352 e. The van der Waals surface area contributed by atoms with Crippen molar-refractivity contribution in [2.24, 2.45) is 0 Å². The highest BCUT2D eigenvalue weighted by Gasteiger charge is 2.29. The molecule has 1 N–H and O–H groups in total. The molecule has 0 unspecified atom stereocenters. The van der Waals surface area contributed by atoms with Gasteiger partial charge in [-0.2, -0.15) is 16.9 Å². The summed E-state index contributed by atoms with van der Waals surface area (Å²) < 4.78 is 18.6. The predicted octanol–water partition coefficient (Wildman–Crippen LogP) is 2.57. The SMILES string of the molecule is Cc1ccnn1CC(=O)N[C@H]1CC[C@@H](n2c(=O)c3cc(F)cnc3n(C3CCSCC3)c2=O)CC1. The Balaban J connectivity index is 1.38. The Morgan fingerprint density at radius 1 is 1.11 bits per heavy atom. The average Bonchev–Trinajstić information content (AvgIpc) is 3.25. The number of halogens is 1. The summed E-state index contributed by atoms with van der Waals surface area (Å²) in [4.78, 5) is 43.6. The van der Waals surface area contributed by atoms with Crippen LogP contribution in [-0.4, -0.2) is 47.4 Å².